The van der Waals surface area contributed by atoms with Crippen LogP contribution >= 0.6 is 0 Å². The molecule has 0 spiro atoms. The van der Waals surface area contributed by atoms with Gasteiger partial charge >= 0.3 is 0 Å². The minimum Gasteiger partial charge on any atom is -0.380 e. The fourth-order valence-electron chi connectivity index (χ4n) is 5.33. The average molecular weight is 568 g/mol. The molecule has 0 saturated carbocycles. The van der Waals surface area contributed by atoms with Crippen molar-refractivity contribution in [2.75, 3.05) is 48.7 Å². The van der Waals surface area contributed by atoms with Gasteiger partial charge in [-0.3, -0.25) is 14.6 Å². The lowest BCUT2D eigenvalue weighted by Gasteiger charge is -2.16. The van der Waals surface area contributed by atoms with Crippen LogP contribution in [0, 0.1) is 0 Å². The second-order valence-corrected chi connectivity index (χ2v) is 10.9. The van der Waals surface area contributed by atoms with Crippen molar-refractivity contribution in [2.24, 2.45) is 0 Å². The summed E-state index contributed by atoms with van der Waals surface area (Å²) in [7, 11) is 0. The summed E-state index contributed by atoms with van der Waals surface area (Å²) in [4.78, 5) is 36.8. The molecule has 1 aliphatic heterocycles. The standard InChI is InChI=1S/C33H41N7O2/c1-2-3-14-34-16-12-31(41)37-25-8-10-27-29(20-25)39-30-21-26(38-32(42)13-19-40-17-4-5-18-40)9-11-28(30)33(27)36-23-24-7-6-15-35-22-24/h6-11,15,20-22,34H,2-5,12-14,16-19,23H2,1H3,(H,36,39)(H,37,41)(H,38,42). The summed E-state index contributed by atoms with van der Waals surface area (Å²) < 4.78 is 0. The number of anilines is 3. The smallest absolute Gasteiger partial charge is 0.225 e. The molecule has 0 aliphatic carbocycles. The highest BCUT2D eigenvalue weighted by atomic mass is 16.2. The highest BCUT2D eigenvalue weighted by molar-refractivity contribution is 6.09. The number of nitrogens with one attached hydrogen (secondary N) is 4. The van der Waals surface area contributed by atoms with Crippen LogP contribution in [-0.4, -0.2) is 59.4 Å². The van der Waals surface area contributed by atoms with Crippen molar-refractivity contribution in [3.05, 3.63) is 66.5 Å². The largest absolute Gasteiger partial charge is 0.380 e. The zero-order valence-corrected chi connectivity index (χ0v) is 24.4. The first-order valence-electron chi connectivity index (χ1n) is 15.1. The fraction of sp³-hybridized carbons (Fsp3) is 0.394. The Morgan fingerprint density at radius 1 is 0.881 bits per heavy atom. The summed E-state index contributed by atoms with van der Waals surface area (Å²) in [5, 5.41) is 14.9. The number of nitrogens with zero attached hydrogens (tertiary/aromatic N) is 3. The first-order valence-corrected chi connectivity index (χ1v) is 15.1. The Morgan fingerprint density at radius 3 is 2.21 bits per heavy atom. The Labute approximate surface area is 247 Å². The molecule has 1 saturated heterocycles. The summed E-state index contributed by atoms with van der Waals surface area (Å²) in [6.45, 7) is 7.26. The highest BCUT2D eigenvalue weighted by Gasteiger charge is 2.15. The van der Waals surface area contributed by atoms with E-state index in [1.54, 1.807) is 6.20 Å². The van der Waals surface area contributed by atoms with Gasteiger partial charge < -0.3 is 26.2 Å². The van der Waals surface area contributed by atoms with Gasteiger partial charge in [0.2, 0.25) is 11.8 Å². The lowest BCUT2D eigenvalue weighted by atomic mass is 10.1. The number of benzene rings is 2. The Hall–Kier alpha value is -4.08. The van der Waals surface area contributed by atoms with E-state index in [2.05, 4.69) is 38.1 Å². The molecule has 4 aromatic rings. The number of carbonyl (C=O) groups excluding carboxylic acids is 2. The first-order chi connectivity index (χ1) is 20.6. The Balaban J connectivity index is 1.37. The molecule has 2 aromatic heterocycles. The van der Waals surface area contributed by atoms with Crippen LogP contribution in [0.4, 0.5) is 17.1 Å². The molecule has 1 fully saturated rings. The number of hydrogen-bond acceptors (Lipinski definition) is 7. The molecule has 0 radical (unpaired) electrons. The van der Waals surface area contributed by atoms with Crippen LogP contribution in [0.5, 0.6) is 0 Å². The molecule has 2 aromatic carbocycles. The van der Waals surface area contributed by atoms with Gasteiger partial charge in [-0.05, 0) is 86.9 Å². The van der Waals surface area contributed by atoms with Gasteiger partial charge in [0.05, 0.1) is 16.7 Å². The summed E-state index contributed by atoms with van der Waals surface area (Å²) in [5.74, 6) is -0.0286. The van der Waals surface area contributed by atoms with Crippen molar-refractivity contribution >= 4 is 50.7 Å². The van der Waals surface area contributed by atoms with E-state index in [-0.39, 0.29) is 11.8 Å². The van der Waals surface area contributed by atoms with Gasteiger partial charge in [0.1, 0.15) is 0 Å². The predicted molar refractivity (Wildman–Crippen MR) is 171 cm³/mol. The number of unbranched alkanes of at least 4 members (excludes halogenated alkanes) is 1. The first kappa shape index (κ1) is 29.4. The lowest BCUT2D eigenvalue weighted by molar-refractivity contribution is -0.117. The second kappa shape index (κ2) is 14.7. The van der Waals surface area contributed by atoms with Crippen molar-refractivity contribution in [3.8, 4) is 0 Å². The minimum atomic E-state index is -0.0343. The molecule has 2 amide bonds. The number of fused-ring (bicyclic) bond motifs is 2. The van der Waals surface area contributed by atoms with Gasteiger partial charge in [-0.2, -0.15) is 0 Å². The number of likely N-dealkylation sites (tertiary alicyclic amines) is 1. The molecule has 4 N–H and O–H groups in total. The monoisotopic (exact) mass is 567 g/mol. The predicted octanol–water partition coefficient (Wildman–Crippen LogP) is 5.54. The van der Waals surface area contributed by atoms with E-state index in [9.17, 15) is 9.59 Å². The van der Waals surface area contributed by atoms with Gasteiger partial charge in [0, 0.05) is 67.0 Å². The number of rotatable bonds is 14. The molecule has 0 unspecified atom stereocenters. The normalized spacial score (nSPS) is 13.5. The van der Waals surface area contributed by atoms with Gasteiger partial charge in [-0.15, -0.1) is 0 Å². The molecule has 9 heteroatoms. The van der Waals surface area contributed by atoms with Crippen LogP contribution in [0.2, 0.25) is 0 Å². The van der Waals surface area contributed by atoms with Crippen LogP contribution in [0.15, 0.2) is 60.9 Å². The average Bonchev–Trinajstić information content (AvgIpc) is 3.52. The third-order valence-corrected chi connectivity index (χ3v) is 7.62. The Kier molecular flexibility index (Phi) is 10.3. The zero-order valence-electron chi connectivity index (χ0n) is 24.4. The summed E-state index contributed by atoms with van der Waals surface area (Å²) >= 11 is 0. The van der Waals surface area contributed by atoms with Crippen LogP contribution in [0.3, 0.4) is 0 Å². The highest BCUT2D eigenvalue weighted by Crippen LogP contribution is 2.34. The lowest BCUT2D eigenvalue weighted by Crippen LogP contribution is -2.25. The van der Waals surface area contributed by atoms with E-state index < -0.39 is 0 Å². The van der Waals surface area contributed by atoms with Crippen molar-refractivity contribution in [3.63, 3.8) is 0 Å². The van der Waals surface area contributed by atoms with Crippen LogP contribution in [0.1, 0.15) is 51.0 Å². The number of carbonyl (C=O) groups is 2. The van der Waals surface area contributed by atoms with Gasteiger partial charge in [-0.1, -0.05) is 19.4 Å². The molecular formula is C33H41N7O2. The molecule has 42 heavy (non-hydrogen) atoms. The quantitative estimate of drug-likeness (QED) is 0.117. The maximum absolute atomic E-state index is 12.7. The van der Waals surface area contributed by atoms with Crippen molar-refractivity contribution in [2.45, 2.75) is 52.0 Å². The molecule has 3 heterocycles. The molecule has 0 bridgehead atoms. The van der Waals surface area contributed by atoms with Gasteiger partial charge in [0.15, 0.2) is 0 Å². The summed E-state index contributed by atoms with van der Waals surface area (Å²) in [6, 6.07) is 15.6. The van der Waals surface area contributed by atoms with E-state index in [0.29, 0.717) is 31.6 Å². The topological polar surface area (TPSA) is 111 Å². The molecule has 5 rings (SSSR count). The van der Waals surface area contributed by atoms with Crippen LogP contribution in [-0.2, 0) is 16.1 Å². The van der Waals surface area contributed by atoms with E-state index in [4.69, 9.17) is 4.98 Å². The Bertz CT molecular complexity index is 1500. The number of pyridine rings is 2. The maximum Gasteiger partial charge on any atom is 0.225 e. The van der Waals surface area contributed by atoms with Crippen LogP contribution < -0.4 is 21.3 Å². The summed E-state index contributed by atoms with van der Waals surface area (Å²) in [5.41, 5.74) is 4.96. The fourth-order valence-corrected chi connectivity index (χ4v) is 5.33. The van der Waals surface area contributed by atoms with E-state index in [1.165, 1.54) is 12.8 Å². The van der Waals surface area contributed by atoms with Crippen molar-refractivity contribution in [1.29, 1.82) is 0 Å². The number of amides is 2. The van der Waals surface area contributed by atoms with Gasteiger partial charge in [-0.25, -0.2) is 4.98 Å². The minimum absolute atomic E-state index is 0.00569. The molecule has 0 atom stereocenters. The number of hydrogen-bond donors (Lipinski definition) is 4. The summed E-state index contributed by atoms with van der Waals surface area (Å²) in [6.07, 6.45) is 9.15. The third-order valence-electron chi connectivity index (χ3n) is 7.62. The van der Waals surface area contributed by atoms with Crippen molar-refractivity contribution < 1.29 is 9.59 Å². The molecule has 9 nitrogen and oxygen atoms in total. The third kappa shape index (κ3) is 8.02. The SMILES string of the molecule is CCCCNCCC(=O)Nc1ccc2c(NCc3cccnc3)c3ccc(NC(=O)CCN4CCCC4)cc3nc2c1. The zero-order chi connectivity index (χ0) is 29.1. The van der Waals surface area contributed by atoms with Crippen LogP contribution in [0.25, 0.3) is 21.8 Å². The molecule has 220 valence electrons. The second-order valence-electron chi connectivity index (χ2n) is 10.9. The van der Waals surface area contributed by atoms with Gasteiger partial charge in [0.25, 0.3) is 0 Å². The molecular weight excluding hydrogens is 526 g/mol. The molecule has 1 aliphatic rings. The van der Waals surface area contributed by atoms with Crippen molar-refractivity contribution in [1.82, 2.24) is 20.2 Å². The maximum atomic E-state index is 12.7. The Morgan fingerprint density at radius 2 is 1.57 bits per heavy atom. The van der Waals surface area contributed by atoms with E-state index in [1.807, 2.05) is 54.7 Å². The van der Waals surface area contributed by atoms with E-state index >= 15 is 0 Å². The van der Waals surface area contributed by atoms with E-state index in [0.717, 1.165) is 77.8 Å². The number of aromatic nitrogens is 2.